The summed E-state index contributed by atoms with van der Waals surface area (Å²) in [5.41, 5.74) is 3.67. The van der Waals surface area contributed by atoms with Crippen molar-refractivity contribution in [3.05, 3.63) is 95.6 Å². The van der Waals surface area contributed by atoms with Crippen LogP contribution < -0.4 is 10.1 Å². The summed E-state index contributed by atoms with van der Waals surface area (Å²) in [4.78, 5) is 15.3. The molecule has 30 heavy (non-hydrogen) atoms. The van der Waals surface area contributed by atoms with Crippen molar-refractivity contribution in [3.8, 4) is 5.75 Å². The molecule has 1 amide bonds. The van der Waals surface area contributed by atoms with Gasteiger partial charge in [-0.1, -0.05) is 60.7 Å². The minimum absolute atomic E-state index is 0.0250. The molecule has 3 aromatic carbocycles. The van der Waals surface area contributed by atoms with Crippen LogP contribution in [0, 0.1) is 0 Å². The Bertz CT molecular complexity index is 990. The highest BCUT2D eigenvalue weighted by Gasteiger charge is 2.34. The van der Waals surface area contributed by atoms with Crippen molar-refractivity contribution in [2.45, 2.75) is 12.6 Å². The van der Waals surface area contributed by atoms with Gasteiger partial charge in [-0.05, 0) is 30.2 Å². The quantitative estimate of drug-likeness (QED) is 0.563. The third kappa shape index (κ3) is 4.31. The summed E-state index contributed by atoms with van der Waals surface area (Å²) in [5.74, 6) is 0.779. The monoisotopic (exact) mass is 402 g/mol. The van der Waals surface area contributed by atoms with E-state index in [1.54, 1.807) is 7.11 Å². The fourth-order valence-electron chi connectivity index (χ4n) is 3.74. The number of hydrogen-bond donors (Lipinski definition) is 1. The highest BCUT2D eigenvalue weighted by molar-refractivity contribution is 6.01. The van der Waals surface area contributed by atoms with Crippen LogP contribution in [0.1, 0.15) is 27.7 Å². The number of para-hydroxylation sites is 2. The van der Waals surface area contributed by atoms with Crippen molar-refractivity contribution < 1.29 is 14.3 Å². The molecular formula is C25H26N2O3. The normalized spacial score (nSPS) is 15.4. The van der Waals surface area contributed by atoms with Crippen molar-refractivity contribution in [1.29, 1.82) is 0 Å². The average Bonchev–Trinajstić information content (AvgIpc) is 2.80. The van der Waals surface area contributed by atoms with Gasteiger partial charge in [-0.15, -0.1) is 0 Å². The molecule has 1 heterocycles. The summed E-state index contributed by atoms with van der Waals surface area (Å²) in [5, 5.41) is 3.55. The number of nitrogens with zero attached hydrogens (tertiary/aromatic N) is 1. The van der Waals surface area contributed by atoms with Crippen molar-refractivity contribution >= 4 is 11.6 Å². The van der Waals surface area contributed by atoms with Crippen LogP contribution in [0.25, 0.3) is 0 Å². The second-order valence-corrected chi connectivity index (χ2v) is 7.21. The van der Waals surface area contributed by atoms with Crippen LogP contribution in [0.4, 0.5) is 5.69 Å². The van der Waals surface area contributed by atoms with E-state index in [1.807, 2.05) is 71.6 Å². The van der Waals surface area contributed by atoms with Crippen LogP contribution in [0.3, 0.4) is 0 Å². The molecule has 154 valence electrons. The Morgan fingerprint density at radius 1 is 0.900 bits per heavy atom. The number of nitrogens with one attached hydrogen (secondary N) is 1. The van der Waals surface area contributed by atoms with E-state index < -0.39 is 0 Å². The lowest BCUT2D eigenvalue weighted by atomic mass is 10.0. The lowest BCUT2D eigenvalue weighted by Crippen LogP contribution is -2.44. The number of ether oxygens (including phenoxy) is 2. The molecule has 1 aliphatic heterocycles. The van der Waals surface area contributed by atoms with Crippen LogP contribution in [0.5, 0.6) is 5.75 Å². The molecule has 1 N–H and O–H groups in total. The predicted octanol–water partition coefficient (Wildman–Crippen LogP) is 4.52. The molecule has 0 spiro atoms. The molecule has 3 aromatic rings. The number of amides is 1. The predicted molar refractivity (Wildman–Crippen MR) is 118 cm³/mol. The van der Waals surface area contributed by atoms with Crippen LogP contribution in [0.15, 0.2) is 78.9 Å². The van der Waals surface area contributed by atoms with Gasteiger partial charge in [-0.25, -0.2) is 0 Å². The molecule has 1 unspecified atom stereocenters. The average molecular weight is 402 g/mol. The highest BCUT2D eigenvalue weighted by Crippen LogP contribution is 2.36. The van der Waals surface area contributed by atoms with E-state index in [0.29, 0.717) is 25.3 Å². The minimum Gasteiger partial charge on any atom is -0.491 e. The van der Waals surface area contributed by atoms with E-state index in [2.05, 4.69) is 17.4 Å². The second-order valence-electron chi connectivity index (χ2n) is 7.21. The van der Waals surface area contributed by atoms with Gasteiger partial charge in [-0.3, -0.25) is 4.79 Å². The van der Waals surface area contributed by atoms with E-state index >= 15 is 0 Å². The van der Waals surface area contributed by atoms with Crippen molar-refractivity contribution in [3.63, 3.8) is 0 Å². The maximum Gasteiger partial charge on any atom is 0.257 e. The molecule has 1 aliphatic rings. The molecule has 4 rings (SSSR count). The van der Waals surface area contributed by atoms with Gasteiger partial charge in [0.05, 0.1) is 12.2 Å². The number of benzene rings is 3. The molecule has 0 aromatic heterocycles. The largest absolute Gasteiger partial charge is 0.491 e. The first-order chi connectivity index (χ1) is 14.8. The van der Waals surface area contributed by atoms with Gasteiger partial charge in [0.25, 0.3) is 5.91 Å². The summed E-state index contributed by atoms with van der Waals surface area (Å²) in [6, 6.07) is 25.8. The smallest absolute Gasteiger partial charge is 0.257 e. The number of fused-ring (bicyclic) bond motifs is 1. The zero-order valence-electron chi connectivity index (χ0n) is 17.1. The molecule has 5 heteroatoms. The maximum atomic E-state index is 13.4. The summed E-state index contributed by atoms with van der Waals surface area (Å²) in [6.45, 7) is 1.56. The highest BCUT2D eigenvalue weighted by atomic mass is 16.5. The summed E-state index contributed by atoms with van der Waals surface area (Å²) >= 11 is 0. The van der Waals surface area contributed by atoms with Gasteiger partial charge >= 0.3 is 0 Å². The molecule has 0 aliphatic carbocycles. The van der Waals surface area contributed by atoms with Crippen LogP contribution in [-0.2, 0) is 11.2 Å². The Balaban J connectivity index is 1.66. The first-order valence-electron chi connectivity index (χ1n) is 10.2. The minimum atomic E-state index is -0.310. The molecule has 0 fully saturated rings. The van der Waals surface area contributed by atoms with Gasteiger partial charge < -0.3 is 19.7 Å². The Kier molecular flexibility index (Phi) is 6.30. The van der Waals surface area contributed by atoms with Gasteiger partial charge in [0.1, 0.15) is 18.5 Å². The number of rotatable bonds is 8. The first kappa shape index (κ1) is 20.0. The zero-order chi connectivity index (χ0) is 20.8. The van der Waals surface area contributed by atoms with E-state index in [-0.39, 0.29) is 12.1 Å². The molecule has 0 saturated heterocycles. The summed E-state index contributed by atoms with van der Waals surface area (Å²) < 4.78 is 11.1. The third-order valence-corrected chi connectivity index (χ3v) is 5.27. The van der Waals surface area contributed by atoms with Gasteiger partial charge in [0.2, 0.25) is 0 Å². The summed E-state index contributed by atoms with van der Waals surface area (Å²) in [6.07, 6.45) is 0.467. The molecule has 5 nitrogen and oxygen atoms in total. The molecule has 1 atom stereocenters. The first-order valence-corrected chi connectivity index (χ1v) is 10.2. The molecule has 0 radical (unpaired) electrons. The lowest BCUT2D eigenvalue weighted by molar-refractivity contribution is 0.0681. The third-order valence-electron chi connectivity index (χ3n) is 5.27. The van der Waals surface area contributed by atoms with Crippen molar-refractivity contribution in [2.75, 3.05) is 32.2 Å². The molecular weight excluding hydrogens is 376 g/mol. The Labute approximate surface area is 177 Å². The lowest BCUT2D eigenvalue weighted by Gasteiger charge is -2.38. The zero-order valence-corrected chi connectivity index (χ0v) is 17.1. The van der Waals surface area contributed by atoms with E-state index in [0.717, 1.165) is 23.4 Å². The van der Waals surface area contributed by atoms with Crippen LogP contribution in [-0.4, -0.2) is 37.7 Å². The molecule has 0 saturated carbocycles. The number of carbonyl (C=O) groups is 1. The van der Waals surface area contributed by atoms with Crippen molar-refractivity contribution in [1.82, 2.24) is 4.90 Å². The maximum absolute atomic E-state index is 13.4. The number of carbonyl (C=O) groups excluding carboxylic acids is 1. The Morgan fingerprint density at radius 2 is 1.63 bits per heavy atom. The van der Waals surface area contributed by atoms with E-state index in [1.165, 1.54) is 5.56 Å². The number of hydrogen-bond acceptors (Lipinski definition) is 4. The fraction of sp³-hybridized carbons (Fsp3) is 0.240. The van der Waals surface area contributed by atoms with Crippen LogP contribution in [0.2, 0.25) is 0 Å². The van der Waals surface area contributed by atoms with E-state index in [9.17, 15) is 4.79 Å². The van der Waals surface area contributed by atoms with Gasteiger partial charge in [0, 0.05) is 24.9 Å². The van der Waals surface area contributed by atoms with Crippen LogP contribution >= 0.6 is 0 Å². The second kappa shape index (κ2) is 9.46. The number of anilines is 1. The molecule has 0 bridgehead atoms. The topological polar surface area (TPSA) is 50.8 Å². The summed E-state index contributed by atoms with van der Waals surface area (Å²) in [7, 11) is 1.65. The van der Waals surface area contributed by atoms with Crippen molar-refractivity contribution in [2.24, 2.45) is 0 Å². The number of methoxy groups -OCH3 is 1. The van der Waals surface area contributed by atoms with E-state index in [4.69, 9.17) is 9.47 Å². The standard InChI is InChI=1S/C25H26N2O3/c1-29-17-18-30-23-14-8-6-12-21(23)24-26-22-13-7-5-11-20(22)25(28)27(24)16-15-19-9-3-2-4-10-19/h2-14,24,26H,15-18H2,1H3. The Morgan fingerprint density at radius 3 is 2.47 bits per heavy atom. The fourth-order valence-corrected chi connectivity index (χ4v) is 3.74. The Hall–Kier alpha value is -3.31. The SMILES string of the molecule is COCCOc1ccccc1C1Nc2ccccc2C(=O)N1CCc1ccccc1. The van der Waals surface area contributed by atoms with Gasteiger partial charge in [-0.2, -0.15) is 0 Å². The van der Waals surface area contributed by atoms with Gasteiger partial charge in [0.15, 0.2) is 0 Å².